The zero-order chi connectivity index (χ0) is 17.8. The van der Waals surface area contributed by atoms with Crippen molar-refractivity contribution >= 4 is 11.9 Å². The lowest BCUT2D eigenvalue weighted by Crippen LogP contribution is -2.49. The molecule has 1 aliphatic heterocycles. The maximum atomic E-state index is 12.7. The van der Waals surface area contributed by atoms with Crippen LogP contribution in [0.25, 0.3) is 0 Å². The predicted octanol–water partition coefficient (Wildman–Crippen LogP) is 2.76. The number of aryl methyl sites for hydroxylation is 2. The van der Waals surface area contributed by atoms with Crippen molar-refractivity contribution in [1.29, 1.82) is 0 Å². The Hall–Kier alpha value is -2.43. The molecule has 1 aromatic heterocycles. The van der Waals surface area contributed by atoms with Gasteiger partial charge in [0.2, 0.25) is 11.9 Å². The van der Waals surface area contributed by atoms with E-state index in [0.717, 1.165) is 43.0 Å². The minimum atomic E-state index is 0.201. The summed E-state index contributed by atoms with van der Waals surface area (Å²) in [5.74, 6) is 0.926. The van der Waals surface area contributed by atoms with Crippen LogP contribution in [0.3, 0.4) is 0 Å². The number of hydrogen-bond donors (Lipinski definition) is 0. The lowest BCUT2D eigenvalue weighted by Gasteiger charge is -2.37. The summed E-state index contributed by atoms with van der Waals surface area (Å²) in [6.07, 6.45) is 6.21. The second kappa shape index (κ2) is 7.64. The number of anilines is 1. The Balaban J connectivity index is 1.62. The van der Waals surface area contributed by atoms with Gasteiger partial charge in [0, 0.05) is 38.6 Å². The molecule has 25 heavy (non-hydrogen) atoms. The molecule has 3 rings (SSSR count). The lowest BCUT2D eigenvalue weighted by molar-refractivity contribution is -0.131. The van der Waals surface area contributed by atoms with Crippen LogP contribution in [0.4, 0.5) is 5.95 Å². The molecule has 0 bridgehead atoms. The number of likely N-dealkylation sites (N-methyl/N-ethyl adjacent to an activating group) is 1. The van der Waals surface area contributed by atoms with Crippen LogP contribution in [-0.4, -0.2) is 47.0 Å². The van der Waals surface area contributed by atoms with Crippen molar-refractivity contribution in [3.8, 4) is 0 Å². The number of nitrogens with zero attached hydrogens (tertiary/aromatic N) is 4. The summed E-state index contributed by atoms with van der Waals surface area (Å²) in [7, 11) is 2.02. The zero-order valence-electron chi connectivity index (χ0n) is 15.3. The molecule has 0 spiro atoms. The molecule has 0 radical (unpaired) electrons. The van der Waals surface area contributed by atoms with E-state index >= 15 is 0 Å². The minimum absolute atomic E-state index is 0.201. The van der Waals surface area contributed by atoms with E-state index in [9.17, 15) is 4.79 Å². The Morgan fingerprint density at radius 2 is 1.84 bits per heavy atom. The van der Waals surface area contributed by atoms with Crippen molar-refractivity contribution < 1.29 is 4.79 Å². The molecule has 2 heterocycles. The first-order valence-electron chi connectivity index (χ1n) is 8.88. The maximum Gasteiger partial charge on any atom is 0.227 e. The van der Waals surface area contributed by atoms with Crippen LogP contribution in [0.2, 0.25) is 0 Å². The number of aromatic nitrogens is 2. The molecule has 1 aromatic carbocycles. The first-order valence-corrected chi connectivity index (χ1v) is 8.88. The third kappa shape index (κ3) is 4.35. The highest BCUT2D eigenvalue weighted by Crippen LogP contribution is 2.19. The summed E-state index contributed by atoms with van der Waals surface area (Å²) in [5.41, 5.74) is 3.35. The number of carbonyl (C=O) groups is 1. The minimum Gasteiger partial charge on any atom is -0.340 e. The Kier molecular flexibility index (Phi) is 5.31. The summed E-state index contributed by atoms with van der Waals surface area (Å²) >= 11 is 0. The van der Waals surface area contributed by atoms with E-state index in [2.05, 4.69) is 33.9 Å². The zero-order valence-corrected chi connectivity index (χ0v) is 15.3. The maximum absolute atomic E-state index is 12.7. The molecule has 1 amide bonds. The summed E-state index contributed by atoms with van der Waals surface area (Å²) in [6.45, 7) is 5.61. The number of carbonyl (C=O) groups excluding carboxylic acids is 1. The smallest absolute Gasteiger partial charge is 0.227 e. The van der Waals surface area contributed by atoms with Crippen molar-refractivity contribution in [3.63, 3.8) is 0 Å². The summed E-state index contributed by atoms with van der Waals surface area (Å²) in [4.78, 5) is 25.6. The van der Waals surface area contributed by atoms with Crippen LogP contribution in [0, 0.1) is 13.8 Å². The molecule has 1 unspecified atom stereocenters. The van der Waals surface area contributed by atoms with Crippen molar-refractivity contribution in [2.75, 3.05) is 25.0 Å². The van der Waals surface area contributed by atoms with Crippen LogP contribution in [0.5, 0.6) is 0 Å². The normalized spacial score (nSPS) is 17.4. The quantitative estimate of drug-likeness (QED) is 0.860. The largest absolute Gasteiger partial charge is 0.340 e. The van der Waals surface area contributed by atoms with Gasteiger partial charge >= 0.3 is 0 Å². The topological polar surface area (TPSA) is 49.3 Å². The fraction of sp³-hybridized carbons (Fsp3) is 0.450. The van der Waals surface area contributed by atoms with Gasteiger partial charge < -0.3 is 9.80 Å². The van der Waals surface area contributed by atoms with Gasteiger partial charge in [-0.05, 0) is 37.8 Å². The van der Waals surface area contributed by atoms with E-state index < -0.39 is 0 Å². The number of benzene rings is 1. The van der Waals surface area contributed by atoms with Crippen LogP contribution in [-0.2, 0) is 11.2 Å². The molecule has 0 aliphatic carbocycles. The summed E-state index contributed by atoms with van der Waals surface area (Å²) in [5, 5.41) is 0. The first-order chi connectivity index (χ1) is 12.0. The molecule has 1 fully saturated rings. The van der Waals surface area contributed by atoms with Gasteiger partial charge in [0.25, 0.3) is 0 Å². The van der Waals surface area contributed by atoms with Gasteiger partial charge in [-0.2, -0.15) is 0 Å². The van der Waals surface area contributed by atoms with E-state index in [0.29, 0.717) is 6.42 Å². The van der Waals surface area contributed by atoms with Gasteiger partial charge in [-0.15, -0.1) is 0 Å². The van der Waals surface area contributed by atoms with Crippen molar-refractivity contribution in [2.24, 2.45) is 0 Å². The molecule has 5 heteroatoms. The Morgan fingerprint density at radius 1 is 1.16 bits per heavy atom. The Labute approximate surface area is 149 Å². The SMILES string of the molecule is Cc1ccc(CC(=O)N2CCCC(N(C)c3ncc(C)cn3)C2)cc1. The molecule has 5 nitrogen and oxygen atoms in total. The fourth-order valence-electron chi connectivity index (χ4n) is 3.22. The van der Waals surface area contributed by atoms with Crippen LogP contribution in [0.15, 0.2) is 36.7 Å². The van der Waals surface area contributed by atoms with E-state index in [-0.39, 0.29) is 11.9 Å². The van der Waals surface area contributed by atoms with Crippen LogP contribution in [0.1, 0.15) is 29.5 Å². The molecule has 2 aromatic rings. The van der Waals surface area contributed by atoms with Gasteiger partial charge in [-0.25, -0.2) is 9.97 Å². The molecular formula is C20H26N4O. The van der Waals surface area contributed by atoms with Gasteiger partial charge in [-0.3, -0.25) is 4.79 Å². The van der Waals surface area contributed by atoms with E-state index in [1.807, 2.05) is 43.4 Å². The summed E-state index contributed by atoms with van der Waals surface area (Å²) < 4.78 is 0. The number of hydrogen-bond acceptors (Lipinski definition) is 4. The Morgan fingerprint density at radius 3 is 2.52 bits per heavy atom. The molecule has 132 valence electrons. The van der Waals surface area contributed by atoms with E-state index in [1.54, 1.807) is 0 Å². The molecule has 0 saturated carbocycles. The average Bonchev–Trinajstić information content (AvgIpc) is 2.64. The predicted molar refractivity (Wildman–Crippen MR) is 99.7 cm³/mol. The van der Waals surface area contributed by atoms with Crippen LogP contribution < -0.4 is 4.90 Å². The second-order valence-electron chi connectivity index (χ2n) is 6.97. The monoisotopic (exact) mass is 338 g/mol. The standard InChI is InChI=1S/C20H26N4O/c1-15-6-8-17(9-7-15)11-19(25)24-10-4-5-18(14-24)23(3)20-21-12-16(2)13-22-20/h6-9,12-13,18H,4-5,10-11,14H2,1-3H3. The van der Waals surface area contributed by atoms with Crippen molar-refractivity contribution in [1.82, 2.24) is 14.9 Å². The van der Waals surface area contributed by atoms with E-state index in [4.69, 9.17) is 0 Å². The van der Waals surface area contributed by atoms with E-state index in [1.165, 1.54) is 5.56 Å². The molecule has 0 N–H and O–H groups in total. The second-order valence-corrected chi connectivity index (χ2v) is 6.97. The molecule has 1 aliphatic rings. The fourth-order valence-corrected chi connectivity index (χ4v) is 3.22. The highest BCUT2D eigenvalue weighted by Gasteiger charge is 2.27. The van der Waals surface area contributed by atoms with Gasteiger partial charge in [-0.1, -0.05) is 29.8 Å². The highest BCUT2D eigenvalue weighted by atomic mass is 16.2. The van der Waals surface area contributed by atoms with Crippen molar-refractivity contribution in [2.45, 2.75) is 39.2 Å². The van der Waals surface area contributed by atoms with Crippen molar-refractivity contribution in [3.05, 3.63) is 53.3 Å². The average molecular weight is 338 g/mol. The number of likely N-dealkylation sites (tertiary alicyclic amines) is 1. The van der Waals surface area contributed by atoms with Gasteiger partial charge in [0.15, 0.2) is 0 Å². The third-order valence-electron chi connectivity index (χ3n) is 4.86. The number of rotatable bonds is 4. The third-order valence-corrected chi connectivity index (χ3v) is 4.86. The van der Waals surface area contributed by atoms with Gasteiger partial charge in [0.1, 0.15) is 0 Å². The molecule has 1 atom stereocenters. The highest BCUT2D eigenvalue weighted by molar-refractivity contribution is 5.79. The molecular weight excluding hydrogens is 312 g/mol. The lowest BCUT2D eigenvalue weighted by atomic mass is 10.0. The van der Waals surface area contributed by atoms with Crippen LogP contribution >= 0.6 is 0 Å². The Bertz CT molecular complexity index is 711. The summed E-state index contributed by atoms with van der Waals surface area (Å²) in [6, 6.07) is 8.47. The number of piperidine rings is 1. The first kappa shape index (κ1) is 17.4. The molecule has 1 saturated heterocycles. The van der Waals surface area contributed by atoms with Gasteiger partial charge in [0.05, 0.1) is 6.42 Å². The number of amides is 1.